The van der Waals surface area contributed by atoms with Crippen LogP contribution in [0.5, 0.6) is 0 Å². The van der Waals surface area contributed by atoms with E-state index in [0.29, 0.717) is 6.08 Å². The van der Waals surface area contributed by atoms with Gasteiger partial charge in [0, 0.05) is 0 Å². The summed E-state index contributed by atoms with van der Waals surface area (Å²) in [6, 6.07) is 0. The van der Waals surface area contributed by atoms with Gasteiger partial charge in [-0.1, -0.05) is 0 Å². The molecule has 0 radical (unpaired) electrons. The number of isocyanates is 1. The van der Waals surface area contributed by atoms with Crippen molar-refractivity contribution in [3.63, 3.8) is 0 Å². The van der Waals surface area contributed by atoms with E-state index in [2.05, 4.69) is 0 Å². The molecule has 9 heavy (non-hydrogen) atoms. The summed E-state index contributed by atoms with van der Waals surface area (Å²) in [6.07, 6.45) is 0.500. The first kappa shape index (κ1) is 16.2. The SMILES string of the molecule is O[Si](O)(O)O.[N-]=C=O.[Na+]. The van der Waals surface area contributed by atoms with Crippen LogP contribution in [0.2, 0.25) is 0 Å². The molecule has 0 aromatic heterocycles. The zero-order valence-electron chi connectivity index (χ0n) is 4.64. The van der Waals surface area contributed by atoms with E-state index in [-0.39, 0.29) is 29.6 Å². The molecule has 0 aromatic rings. The Bertz CT molecular complexity index is 77.4. The molecule has 0 atom stereocenters. The fourth-order valence-electron chi connectivity index (χ4n) is 0. The molecule has 0 saturated heterocycles. The zero-order valence-corrected chi connectivity index (χ0v) is 7.64. The molecular weight excluding hydrogens is 157 g/mol. The summed E-state index contributed by atoms with van der Waals surface area (Å²) in [6.45, 7) is 0. The van der Waals surface area contributed by atoms with Crippen molar-refractivity contribution in [2.75, 3.05) is 0 Å². The molecule has 0 aliphatic heterocycles. The summed E-state index contributed by atoms with van der Waals surface area (Å²) >= 11 is 0. The zero-order chi connectivity index (χ0) is 7.21. The quantitative estimate of drug-likeness (QED) is 0.160. The van der Waals surface area contributed by atoms with E-state index < -0.39 is 9.05 Å². The molecule has 0 heterocycles. The van der Waals surface area contributed by atoms with Crippen LogP contribution in [0, 0.1) is 0 Å². The smallest absolute Gasteiger partial charge is 0.724 e. The maximum Gasteiger partial charge on any atom is 1.00 e. The average molecular weight is 161 g/mol. The van der Waals surface area contributed by atoms with Crippen LogP contribution in [0.3, 0.4) is 0 Å². The van der Waals surface area contributed by atoms with E-state index >= 15 is 0 Å². The second-order valence-corrected chi connectivity index (χ2v) is 1.89. The van der Waals surface area contributed by atoms with Crippen LogP contribution in [0.25, 0.3) is 5.41 Å². The average Bonchev–Trinajstić information content (AvgIpc) is 1.27. The molecular formula is CH4NNaO5Si. The van der Waals surface area contributed by atoms with Gasteiger partial charge in [0.15, 0.2) is 0 Å². The van der Waals surface area contributed by atoms with Crippen LogP contribution in [0.15, 0.2) is 0 Å². The topological polar surface area (TPSA) is 120 Å². The van der Waals surface area contributed by atoms with Crippen LogP contribution >= 0.6 is 0 Å². The fourth-order valence-corrected chi connectivity index (χ4v) is 0. The van der Waals surface area contributed by atoms with Crippen LogP contribution in [0.4, 0.5) is 0 Å². The van der Waals surface area contributed by atoms with Crippen LogP contribution < -0.4 is 29.6 Å². The van der Waals surface area contributed by atoms with Crippen molar-refractivity contribution < 1.29 is 53.5 Å². The predicted molar refractivity (Wildman–Crippen MR) is 23.7 cm³/mol. The fraction of sp³-hybridized carbons (Fsp3) is 0. The van der Waals surface area contributed by atoms with Gasteiger partial charge in [0.2, 0.25) is 0 Å². The van der Waals surface area contributed by atoms with Gasteiger partial charge in [-0.15, -0.1) is 0 Å². The first-order valence-electron chi connectivity index (χ1n) is 1.32. The van der Waals surface area contributed by atoms with Crippen molar-refractivity contribution in [1.29, 1.82) is 0 Å². The molecule has 0 aromatic carbocycles. The Labute approximate surface area is 74.1 Å². The minimum Gasteiger partial charge on any atom is -0.724 e. The molecule has 6 nitrogen and oxygen atoms in total. The van der Waals surface area contributed by atoms with Crippen molar-refractivity contribution >= 4 is 15.1 Å². The maximum absolute atomic E-state index is 8.24. The van der Waals surface area contributed by atoms with E-state index in [4.69, 9.17) is 29.4 Å². The third-order valence-corrected chi connectivity index (χ3v) is 0. The Morgan fingerprint density at radius 3 is 1.22 bits per heavy atom. The molecule has 48 valence electrons. The number of carbonyl (C=O) groups excluding carboxylic acids is 1. The van der Waals surface area contributed by atoms with Crippen molar-refractivity contribution in [3.05, 3.63) is 5.41 Å². The third-order valence-electron chi connectivity index (χ3n) is 0. The minimum atomic E-state index is -4.61. The van der Waals surface area contributed by atoms with E-state index in [9.17, 15) is 0 Å². The Hall–Kier alpha value is 0.437. The Kier molecular flexibility index (Phi) is 15.2. The number of hydrogen-bond acceptors (Lipinski definition) is 5. The molecule has 0 unspecified atom stereocenters. The van der Waals surface area contributed by atoms with E-state index in [1.807, 2.05) is 0 Å². The van der Waals surface area contributed by atoms with Gasteiger partial charge >= 0.3 is 38.6 Å². The minimum absolute atomic E-state index is 0. The van der Waals surface area contributed by atoms with Crippen LogP contribution in [0.1, 0.15) is 0 Å². The molecule has 0 amide bonds. The van der Waals surface area contributed by atoms with E-state index in [1.165, 1.54) is 0 Å². The summed E-state index contributed by atoms with van der Waals surface area (Å²) in [5.41, 5.74) is 0. The van der Waals surface area contributed by atoms with Crippen LogP contribution in [-0.4, -0.2) is 34.3 Å². The van der Waals surface area contributed by atoms with Crippen molar-refractivity contribution in [3.8, 4) is 0 Å². The van der Waals surface area contributed by atoms with E-state index in [1.54, 1.807) is 0 Å². The molecule has 0 fully saturated rings. The molecule has 0 aliphatic rings. The summed E-state index contributed by atoms with van der Waals surface area (Å²) < 4.78 is 0. The normalized spacial score (nSPS) is 7.56. The summed E-state index contributed by atoms with van der Waals surface area (Å²) in [7, 11) is -4.61. The number of nitrogens with zero attached hydrogens (tertiary/aromatic N) is 1. The van der Waals surface area contributed by atoms with Gasteiger partial charge < -0.3 is 24.6 Å². The Balaban J connectivity index is -0.0000000800. The number of rotatable bonds is 0. The van der Waals surface area contributed by atoms with Gasteiger partial charge in [0.25, 0.3) is 0 Å². The van der Waals surface area contributed by atoms with Gasteiger partial charge in [-0.25, -0.2) is 0 Å². The molecule has 0 bridgehead atoms. The summed E-state index contributed by atoms with van der Waals surface area (Å²) in [5.74, 6) is 0. The Morgan fingerprint density at radius 1 is 1.22 bits per heavy atom. The molecule has 4 N–H and O–H groups in total. The molecule has 0 rings (SSSR count). The first-order chi connectivity index (χ1) is 3.41. The van der Waals surface area contributed by atoms with Gasteiger partial charge in [-0.05, 0) is 6.08 Å². The number of hydrogen-bond donors (Lipinski definition) is 4. The Morgan fingerprint density at radius 2 is 1.22 bits per heavy atom. The van der Waals surface area contributed by atoms with Crippen LogP contribution in [-0.2, 0) is 4.79 Å². The summed E-state index contributed by atoms with van der Waals surface area (Å²) in [5, 5.41) is 6.76. The maximum atomic E-state index is 8.24. The molecule has 0 saturated carbocycles. The van der Waals surface area contributed by atoms with Gasteiger partial charge in [-0.2, -0.15) is 0 Å². The largest absolute Gasteiger partial charge is 1.00 e. The van der Waals surface area contributed by atoms with Gasteiger partial charge in [0.1, 0.15) is 0 Å². The predicted octanol–water partition coefficient (Wildman–Crippen LogP) is -5.71. The molecule has 0 spiro atoms. The second-order valence-electron chi connectivity index (χ2n) is 0.691. The van der Waals surface area contributed by atoms with Crippen molar-refractivity contribution in [2.45, 2.75) is 0 Å². The second kappa shape index (κ2) is 8.44. The molecule has 0 aliphatic carbocycles. The summed E-state index contributed by atoms with van der Waals surface area (Å²) in [4.78, 5) is 37.5. The van der Waals surface area contributed by atoms with Gasteiger partial charge in [-0.3, -0.25) is 4.79 Å². The monoisotopic (exact) mass is 161 g/mol. The standard InChI is InChI=1S/CNO.Na.H4O4Si/c2-1-3;;1-5(2,3)4/h;;1-4H/q-1;+1;. The van der Waals surface area contributed by atoms with Crippen molar-refractivity contribution in [1.82, 2.24) is 0 Å². The first-order valence-corrected chi connectivity index (χ1v) is 3.11. The third kappa shape index (κ3) is 1830. The molecule has 8 heteroatoms. The van der Waals surface area contributed by atoms with E-state index in [0.717, 1.165) is 0 Å². The van der Waals surface area contributed by atoms with Crippen molar-refractivity contribution in [2.24, 2.45) is 0 Å². The van der Waals surface area contributed by atoms with Gasteiger partial charge in [0.05, 0.1) is 0 Å².